The highest BCUT2D eigenvalue weighted by Crippen LogP contribution is 2.36. The van der Waals surface area contributed by atoms with E-state index in [1.54, 1.807) is 17.8 Å². The van der Waals surface area contributed by atoms with Gasteiger partial charge in [0.25, 0.3) is 10.0 Å². The largest absolute Gasteiger partial charge is 0.369 e. The van der Waals surface area contributed by atoms with Gasteiger partial charge in [0, 0.05) is 28.8 Å². The van der Waals surface area contributed by atoms with Crippen LogP contribution in [0.1, 0.15) is 12.0 Å². The van der Waals surface area contributed by atoms with Crippen LogP contribution < -0.4 is 5.32 Å². The second-order valence-electron chi connectivity index (χ2n) is 7.07. The van der Waals surface area contributed by atoms with E-state index < -0.39 is 10.0 Å². The van der Waals surface area contributed by atoms with Gasteiger partial charge < -0.3 is 5.32 Å². The maximum atomic E-state index is 13.4. The quantitative estimate of drug-likeness (QED) is 0.533. The Hall–Kier alpha value is -2.07. The minimum Gasteiger partial charge on any atom is -0.369 e. The molecule has 1 atom stereocenters. The van der Waals surface area contributed by atoms with E-state index in [0.29, 0.717) is 10.5 Å². The fraction of sp³-hybridized carbons (Fsp3) is 0.278. The number of anilines is 1. The lowest BCUT2D eigenvalue weighted by molar-refractivity contribution is 0.302. The first kappa shape index (κ1) is 18.0. The van der Waals surface area contributed by atoms with Gasteiger partial charge >= 0.3 is 0 Å². The predicted octanol–water partition coefficient (Wildman–Crippen LogP) is 3.49. The molecule has 1 aromatic carbocycles. The Morgan fingerprint density at radius 1 is 1.29 bits per heavy atom. The van der Waals surface area contributed by atoms with Crippen LogP contribution in [-0.2, 0) is 16.4 Å². The van der Waals surface area contributed by atoms with Gasteiger partial charge in [0.2, 0.25) is 5.03 Å². The second kappa shape index (κ2) is 6.21. The van der Waals surface area contributed by atoms with E-state index in [9.17, 15) is 8.42 Å². The van der Waals surface area contributed by atoms with Crippen LogP contribution in [0.4, 0.5) is 5.69 Å². The summed E-state index contributed by atoms with van der Waals surface area (Å²) < 4.78 is 29.7. The smallest absolute Gasteiger partial charge is 0.287 e. The number of hydrogen-bond acceptors (Lipinski definition) is 6. The van der Waals surface area contributed by atoms with E-state index in [1.807, 2.05) is 32.3 Å². The van der Waals surface area contributed by atoms with Crippen molar-refractivity contribution in [3.63, 3.8) is 0 Å². The highest BCUT2D eigenvalue weighted by atomic mass is 35.5. The first-order chi connectivity index (χ1) is 13.4. The van der Waals surface area contributed by atoms with Crippen molar-refractivity contribution < 1.29 is 8.42 Å². The van der Waals surface area contributed by atoms with Crippen molar-refractivity contribution in [3.05, 3.63) is 46.7 Å². The van der Waals surface area contributed by atoms with Gasteiger partial charge in [-0.3, -0.25) is 9.30 Å². The Morgan fingerprint density at radius 3 is 2.89 bits per heavy atom. The fourth-order valence-electron chi connectivity index (χ4n) is 3.81. The first-order valence-corrected chi connectivity index (χ1v) is 11.5. The van der Waals surface area contributed by atoms with Crippen molar-refractivity contribution in [1.29, 1.82) is 0 Å². The Kier molecular flexibility index (Phi) is 3.99. The first-order valence-electron chi connectivity index (χ1n) is 8.80. The van der Waals surface area contributed by atoms with E-state index in [0.717, 1.165) is 23.9 Å². The molecule has 146 valence electrons. The fourth-order valence-corrected chi connectivity index (χ4v) is 6.57. The molecule has 4 aromatic rings. The highest BCUT2D eigenvalue weighted by molar-refractivity contribution is 7.90. The minimum absolute atomic E-state index is 0.0141. The molecule has 0 saturated carbocycles. The van der Waals surface area contributed by atoms with Gasteiger partial charge in [0.05, 0.1) is 11.7 Å². The van der Waals surface area contributed by atoms with Gasteiger partial charge in [0.1, 0.15) is 0 Å². The van der Waals surface area contributed by atoms with E-state index in [-0.39, 0.29) is 16.3 Å². The van der Waals surface area contributed by atoms with Gasteiger partial charge in [-0.2, -0.15) is 8.42 Å². The number of fused-ring (bicyclic) bond motifs is 4. The summed E-state index contributed by atoms with van der Waals surface area (Å²) in [4.78, 5) is 6.85. The molecule has 28 heavy (non-hydrogen) atoms. The zero-order valence-electron chi connectivity index (χ0n) is 15.3. The lowest BCUT2D eigenvalue weighted by Crippen LogP contribution is -2.38. The van der Waals surface area contributed by atoms with E-state index in [4.69, 9.17) is 11.6 Å². The van der Waals surface area contributed by atoms with Crippen LogP contribution >= 0.6 is 22.9 Å². The number of benzene rings is 1. The molecule has 0 radical (unpaired) electrons. The number of thiazole rings is 1. The third-order valence-corrected chi connectivity index (χ3v) is 8.07. The Bertz CT molecular complexity index is 1320. The van der Waals surface area contributed by atoms with Crippen molar-refractivity contribution in [2.45, 2.75) is 24.0 Å². The standard InChI is InChI=1S/C18H18ClN5O2S2/c1-22(2)14-6-4-11-3-5-13-12(15(11)20-14)7-8-24(13)28(25,26)17-16(19)21-18-23(17)9-10-27-18/h3,5,7-10,14,20H,4,6H2,1-2H3. The Morgan fingerprint density at radius 2 is 2.11 bits per heavy atom. The van der Waals surface area contributed by atoms with Crippen molar-refractivity contribution in [2.75, 3.05) is 19.4 Å². The minimum atomic E-state index is -3.91. The van der Waals surface area contributed by atoms with Crippen molar-refractivity contribution >= 4 is 54.5 Å². The number of hydrogen-bond donors (Lipinski definition) is 1. The van der Waals surface area contributed by atoms with Crippen LogP contribution in [0.25, 0.3) is 15.9 Å². The molecule has 1 aliphatic heterocycles. The van der Waals surface area contributed by atoms with E-state index in [2.05, 4.69) is 15.2 Å². The molecule has 7 nitrogen and oxygen atoms in total. The van der Waals surface area contributed by atoms with Crippen molar-refractivity contribution in [3.8, 4) is 0 Å². The van der Waals surface area contributed by atoms with Crippen LogP contribution in [0.2, 0.25) is 5.15 Å². The molecule has 4 heterocycles. The van der Waals surface area contributed by atoms with Crippen LogP contribution in [0.15, 0.2) is 41.0 Å². The molecule has 0 spiro atoms. The molecular formula is C18H18ClN5O2S2. The van der Waals surface area contributed by atoms with Crippen LogP contribution in [-0.4, -0.2) is 46.9 Å². The highest BCUT2D eigenvalue weighted by Gasteiger charge is 2.29. The summed E-state index contributed by atoms with van der Waals surface area (Å²) in [6, 6.07) is 5.71. The maximum absolute atomic E-state index is 13.4. The summed E-state index contributed by atoms with van der Waals surface area (Å²) in [6.45, 7) is 0. The number of rotatable bonds is 3. The average Bonchev–Trinajstić information content (AvgIpc) is 3.34. The summed E-state index contributed by atoms with van der Waals surface area (Å²) in [6.07, 6.45) is 5.42. The number of nitrogens with one attached hydrogen (secondary N) is 1. The average molecular weight is 436 g/mol. The summed E-state index contributed by atoms with van der Waals surface area (Å²) in [5.74, 6) is 0. The third kappa shape index (κ3) is 2.50. The predicted molar refractivity (Wildman–Crippen MR) is 112 cm³/mol. The van der Waals surface area contributed by atoms with Crippen molar-refractivity contribution in [2.24, 2.45) is 0 Å². The monoisotopic (exact) mass is 435 g/mol. The van der Waals surface area contributed by atoms with Gasteiger partial charge in [-0.25, -0.2) is 8.96 Å². The van der Waals surface area contributed by atoms with E-state index in [1.165, 1.54) is 25.3 Å². The topological polar surface area (TPSA) is 71.6 Å². The molecule has 1 aliphatic rings. The molecule has 1 unspecified atom stereocenters. The maximum Gasteiger partial charge on any atom is 0.287 e. The van der Waals surface area contributed by atoms with Crippen molar-refractivity contribution in [1.82, 2.24) is 18.3 Å². The second-order valence-corrected chi connectivity index (χ2v) is 10.0. The molecule has 0 saturated heterocycles. The lowest BCUT2D eigenvalue weighted by Gasteiger charge is -2.32. The molecule has 0 aliphatic carbocycles. The zero-order valence-corrected chi connectivity index (χ0v) is 17.6. The molecule has 1 N–H and O–H groups in total. The Labute approximate surface area is 171 Å². The van der Waals surface area contributed by atoms with Gasteiger partial charge in [-0.05, 0) is 44.6 Å². The van der Waals surface area contributed by atoms with Gasteiger partial charge in [-0.15, -0.1) is 11.3 Å². The molecule has 5 rings (SSSR count). The summed E-state index contributed by atoms with van der Waals surface area (Å²) in [7, 11) is 0.159. The SMILES string of the molecule is CN(C)C1CCc2ccc3c(ccn3S(=O)(=O)c3c(Cl)nc4sccn34)c2N1. The zero-order chi connectivity index (χ0) is 19.6. The molecule has 3 aromatic heterocycles. The number of aryl methyl sites for hydroxylation is 1. The molecule has 10 heteroatoms. The molecular weight excluding hydrogens is 418 g/mol. The molecule has 0 amide bonds. The lowest BCUT2D eigenvalue weighted by atomic mass is 9.99. The normalized spacial score (nSPS) is 17.4. The summed E-state index contributed by atoms with van der Waals surface area (Å²) in [5, 5.41) is 6.19. The summed E-state index contributed by atoms with van der Waals surface area (Å²) >= 11 is 7.54. The Balaban J connectivity index is 1.70. The summed E-state index contributed by atoms with van der Waals surface area (Å²) in [5.41, 5.74) is 2.81. The van der Waals surface area contributed by atoms with Crippen LogP contribution in [0, 0.1) is 0 Å². The van der Waals surface area contributed by atoms with Crippen LogP contribution in [0.3, 0.4) is 0 Å². The molecule has 0 bridgehead atoms. The van der Waals surface area contributed by atoms with E-state index >= 15 is 0 Å². The number of aromatic nitrogens is 3. The van der Waals surface area contributed by atoms with Gasteiger partial charge in [-0.1, -0.05) is 17.7 Å². The van der Waals surface area contributed by atoms with Crippen LogP contribution in [0.5, 0.6) is 0 Å². The van der Waals surface area contributed by atoms with Gasteiger partial charge in [0.15, 0.2) is 10.1 Å². The molecule has 0 fully saturated rings. The number of nitrogens with zero attached hydrogens (tertiary/aromatic N) is 4. The number of imidazole rings is 1. The third-order valence-electron chi connectivity index (χ3n) is 5.23. The number of halogens is 1.